The Balaban J connectivity index is 1.91. The topological polar surface area (TPSA) is 42.2 Å². The minimum Gasteiger partial charge on any atom is -0.493 e. The van der Waals surface area contributed by atoms with Gasteiger partial charge in [-0.05, 0) is 69.5 Å². The number of allylic oxidation sites excluding steroid dienone is 1. The highest BCUT2D eigenvalue weighted by molar-refractivity contribution is 9.10. The Kier molecular flexibility index (Phi) is 7.85. The predicted octanol–water partition coefficient (Wildman–Crippen LogP) is 8.17. The van der Waals surface area contributed by atoms with Gasteiger partial charge in [0.2, 0.25) is 0 Å². The van der Waals surface area contributed by atoms with Crippen LogP contribution in [0.15, 0.2) is 63.5 Å². The summed E-state index contributed by atoms with van der Waals surface area (Å²) in [5.41, 5.74) is 2.81. The van der Waals surface area contributed by atoms with E-state index in [4.69, 9.17) is 32.7 Å². The Hall–Kier alpha value is -1.97. The zero-order chi connectivity index (χ0) is 21.7. The fourth-order valence-electron chi connectivity index (χ4n) is 2.74. The molecule has 3 aromatic carbocycles. The maximum Gasteiger partial charge on any atom is 0.175 e. The van der Waals surface area contributed by atoms with Crippen LogP contribution in [-0.4, -0.2) is 7.11 Å². The van der Waals surface area contributed by atoms with Crippen molar-refractivity contribution in [3.63, 3.8) is 0 Å². The number of methoxy groups -OCH3 is 1. The van der Waals surface area contributed by atoms with Crippen molar-refractivity contribution in [2.45, 2.75) is 6.61 Å². The Morgan fingerprint density at radius 3 is 2.43 bits per heavy atom. The first-order valence-corrected chi connectivity index (χ1v) is 11.1. The summed E-state index contributed by atoms with van der Waals surface area (Å²) in [6, 6.07) is 18.8. The van der Waals surface area contributed by atoms with Gasteiger partial charge in [-0.2, -0.15) is 5.26 Å². The van der Waals surface area contributed by atoms with Gasteiger partial charge < -0.3 is 9.47 Å². The number of benzene rings is 3. The van der Waals surface area contributed by atoms with E-state index in [2.05, 4.69) is 37.9 Å². The third-order valence-corrected chi connectivity index (χ3v) is 5.87. The molecule has 3 nitrogen and oxygen atoms in total. The van der Waals surface area contributed by atoms with Gasteiger partial charge in [-0.1, -0.05) is 57.3 Å². The number of halogens is 4. The molecule has 0 radical (unpaired) electrons. The highest BCUT2D eigenvalue weighted by Gasteiger charge is 2.13. The highest BCUT2D eigenvalue weighted by Crippen LogP contribution is 2.38. The second kappa shape index (κ2) is 10.4. The first-order chi connectivity index (χ1) is 14.4. The number of ether oxygens (including phenoxy) is 2. The molecule has 3 rings (SSSR count). The van der Waals surface area contributed by atoms with Gasteiger partial charge in [-0.25, -0.2) is 0 Å². The molecule has 0 unspecified atom stereocenters. The molecular weight excluding hydrogens is 553 g/mol. The van der Waals surface area contributed by atoms with Crippen LogP contribution in [0.1, 0.15) is 16.7 Å². The van der Waals surface area contributed by atoms with Gasteiger partial charge in [0, 0.05) is 15.1 Å². The molecule has 0 heterocycles. The fourth-order valence-corrected chi connectivity index (χ4v) is 4.09. The molecule has 0 aliphatic carbocycles. The summed E-state index contributed by atoms with van der Waals surface area (Å²) >= 11 is 19.2. The van der Waals surface area contributed by atoms with Gasteiger partial charge in [0.15, 0.2) is 11.5 Å². The summed E-state index contributed by atoms with van der Waals surface area (Å²) in [6.45, 7) is 0.390. The molecule has 0 aliphatic heterocycles. The number of rotatable bonds is 6. The minimum absolute atomic E-state index is 0.390. The maximum absolute atomic E-state index is 9.63. The fraction of sp³-hybridized carbons (Fsp3) is 0.0870. The van der Waals surface area contributed by atoms with E-state index in [0.29, 0.717) is 43.8 Å². The lowest BCUT2D eigenvalue weighted by molar-refractivity contribution is 0.282. The molecule has 0 N–H and O–H groups in total. The van der Waals surface area contributed by atoms with Crippen molar-refractivity contribution < 1.29 is 9.47 Å². The average Bonchev–Trinajstić information content (AvgIpc) is 2.72. The van der Waals surface area contributed by atoms with Crippen LogP contribution in [0.25, 0.3) is 11.6 Å². The van der Waals surface area contributed by atoms with Gasteiger partial charge >= 0.3 is 0 Å². The van der Waals surface area contributed by atoms with Crippen LogP contribution in [0, 0.1) is 11.3 Å². The summed E-state index contributed by atoms with van der Waals surface area (Å²) < 4.78 is 13.2. The molecule has 0 aliphatic rings. The van der Waals surface area contributed by atoms with Crippen LogP contribution in [0.2, 0.25) is 10.0 Å². The van der Waals surface area contributed by atoms with E-state index < -0.39 is 0 Å². The van der Waals surface area contributed by atoms with E-state index in [-0.39, 0.29) is 0 Å². The largest absolute Gasteiger partial charge is 0.493 e. The van der Waals surface area contributed by atoms with Gasteiger partial charge in [0.05, 0.1) is 28.2 Å². The Morgan fingerprint density at radius 1 is 1.07 bits per heavy atom. The maximum atomic E-state index is 9.63. The summed E-state index contributed by atoms with van der Waals surface area (Å²) in [7, 11) is 1.57. The van der Waals surface area contributed by atoms with E-state index in [1.54, 1.807) is 31.4 Å². The first kappa shape index (κ1) is 22.7. The SMILES string of the molecule is COc1cc(/C=C(\C#N)c2ccc(Cl)cc2Cl)cc(Br)c1OCc1ccc(Br)cc1. The standard InChI is InChI=1S/C23H15Br2Cl2NO2/c1-29-22-10-15(8-16(12-28)19-7-6-18(26)11-21(19)27)9-20(25)23(22)30-13-14-2-4-17(24)5-3-14/h2-11H,13H2,1H3/b16-8+. The monoisotopic (exact) mass is 565 g/mol. The molecule has 152 valence electrons. The lowest BCUT2D eigenvalue weighted by Crippen LogP contribution is -1.99. The number of hydrogen-bond acceptors (Lipinski definition) is 3. The second-order valence-electron chi connectivity index (χ2n) is 6.24. The van der Waals surface area contributed by atoms with Gasteiger partial charge in [0.1, 0.15) is 6.61 Å². The van der Waals surface area contributed by atoms with Crippen LogP contribution in [0.3, 0.4) is 0 Å². The van der Waals surface area contributed by atoms with E-state index in [1.165, 1.54) is 0 Å². The Labute approximate surface area is 202 Å². The zero-order valence-electron chi connectivity index (χ0n) is 15.8. The number of hydrogen-bond donors (Lipinski definition) is 0. The number of nitriles is 1. The molecule has 0 atom stereocenters. The molecular formula is C23H15Br2Cl2NO2. The molecule has 7 heteroatoms. The average molecular weight is 568 g/mol. The van der Waals surface area contributed by atoms with Crippen LogP contribution >= 0.6 is 55.1 Å². The molecule has 0 saturated carbocycles. The van der Waals surface area contributed by atoms with Crippen molar-refractivity contribution in [2.24, 2.45) is 0 Å². The lowest BCUT2D eigenvalue weighted by Gasteiger charge is -2.14. The van der Waals surface area contributed by atoms with Crippen molar-refractivity contribution in [2.75, 3.05) is 7.11 Å². The molecule has 0 saturated heterocycles. The highest BCUT2D eigenvalue weighted by atomic mass is 79.9. The zero-order valence-corrected chi connectivity index (χ0v) is 20.4. The third kappa shape index (κ3) is 5.59. The number of nitrogens with zero attached hydrogens (tertiary/aromatic N) is 1. The van der Waals surface area contributed by atoms with Gasteiger partial charge in [0.25, 0.3) is 0 Å². The molecule has 3 aromatic rings. The van der Waals surface area contributed by atoms with Crippen molar-refractivity contribution in [1.82, 2.24) is 0 Å². The Bertz CT molecular complexity index is 1140. The summed E-state index contributed by atoms with van der Waals surface area (Å²) in [6.07, 6.45) is 1.74. The summed E-state index contributed by atoms with van der Waals surface area (Å²) in [5.74, 6) is 1.13. The quantitative estimate of drug-likeness (QED) is 0.223. The van der Waals surface area contributed by atoms with Gasteiger partial charge in [-0.15, -0.1) is 0 Å². The Morgan fingerprint density at radius 2 is 1.80 bits per heavy atom. The van der Waals surface area contributed by atoms with E-state index >= 15 is 0 Å². The van der Waals surface area contributed by atoms with Crippen molar-refractivity contribution in [3.05, 3.63) is 90.3 Å². The molecule has 30 heavy (non-hydrogen) atoms. The van der Waals surface area contributed by atoms with Crippen LogP contribution in [-0.2, 0) is 6.61 Å². The smallest absolute Gasteiger partial charge is 0.175 e. The normalized spacial score (nSPS) is 11.1. The predicted molar refractivity (Wildman–Crippen MR) is 129 cm³/mol. The molecule has 0 aromatic heterocycles. The molecule has 0 amide bonds. The third-order valence-electron chi connectivity index (χ3n) is 4.20. The molecule has 0 fully saturated rings. The van der Waals surface area contributed by atoms with Crippen LogP contribution in [0.4, 0.5) is 0 Å². The van der Waals surface area contributed by atoms with Gasteiger partial charge in [-0.3, -0.25) is 0 Å². The summed E-state index contributed by atoms with van der Waals surface area (Å²) in [4.78, 5) is 0. The summed E-state index contributed by atoms with van der Waals surface area (Å²) in [5, 5.41) is 10.6. The van der Waals surface area contributed by atoms with E-state index in [9.17, 15) is 5.26 Å². The van der Waals surface area contributed by atoms with E-state index in [0.717, 1.165) is 15.6 Å². The van der Waals surface area contributed by atoms with Crippen molar-refractivity contribution in [3.8, 4) is 17.6 Å². The van der Waals surface area contributed by atoms with Crippen molar-refractivity contribution in [1.29, 1.82) is 5.26 Å². The lowest BCUT2D eigenvalue weighted by atomic mass is 10.0. The second-order valence-corrected chi connectivity index (χ2v) is 8.86. The van der Waals surface area contributed by atoms with E-state index in [1.807, 2.05) is 36.4 Å². The minimum atomic E-state index is 0.390. The van der Waals surface area contributed by atoms with Crippen molar-refractivity contribution >= 4 is 66.7 Å². The molecule has 0 bridgehead atoms. The van der Waals surface area contributed by atoms with Crippen LogP contribution in [0.5, 0.6) is 11.5 Å². The van der Waals surface area contributed by atoms with Crippen LogP contribution < -0.4 is 9.47 Å². The first-order valence-electron chi connectivity index (χ1n) is 8.73. The molecule has 0 spiro atoms.